The van der Waals surface area contributed by atoms with Crippen LogP contribution < -0.4 is 10.1 Å². The molecule has 0 aliphatic carbocycles. The Morgan fingerprint density at radius 2 is 1.81 bits per heavy atom. The van der Waals surface area contributed by atoms with Crippen LogP contribution in [0.5, 0.6) is 11.5 Å². The number of hydrogen-bond donors (Lipinski definition) is 2. The molecule has 0 saturated heterocycles. The first kappa shape index (κ1) is 20.0. The third kappa shape index (κ3) is 5.36. The van der Waals surface area contributed by atoms with Crippen molar-refractivity contribution in [3.05, 3.63) is 35.9 Å². The van der Waals surface area contributed by atoms with E-state index in [2.05, 4.69) is 24.1 Å². The number of rotatable bonds is 10. The van der Waals surface area contributed by atoms with E-state index in [1.165, 1.54) is 0 Å². The molecule has 2 aromatic rings. The van der Waals surface area contributed by atoms with E-state index in [9.17, 15) is 9.90 Å². The first-order valence-corrected chi connectivity index (χ1v) is 9.40. The molecule has 2 N–H and O–H groups in total. The molecule has 0 unspecified atom stereocenters. The number of nitrogens with one attached hydrogen (secondary N) is 1. The Kier molecular flexibility index (Phi) is 7.73. The third-order valence-electron chi connectivity index (χ3n) is 4.42. The lowest BCUT2D eigenvalue weighted by molar-refractivity contribution is 0.0949. The average Bonchev–Trinajstić information content (AvgIpc) is 2.64. The van der Waals surface area contributed by atoms with Crippen LogP contribution in [0.1, 0.15) is 43.5 Å². The summed E-state index contributed by atoms with van der Waals surface area (Å²) in [5.74, 6) is 0.477. The molecule has 0 fully saturated rings. The Morgan fingerprint density at radius 3 is 2.46 bits per heavy atom. The van der Waals surface area contributed by atoms with Gasteiger partial charge in [0.2, 0.25) is 0 Å². The summed E-state index contributed by atoms with van der Waals surface area (Å²) >= 11 is 0. The number of methoxy groups -OCH3 is 1. The molecular formula is C21H30N2O3. The van der Waals surface area contributed by atoms with Crippen molar-refractivity contribution in [1.29, 1.82) is 0 Å². The maximum Gasteiger partial charge on any atom is 0.255 e. The second kappa shape index (κ2) is 10.0. The second-order valence-electron chi connectivity index (χ2n) is 6.53. The highest BCUT2D eigenvalue weighted by atomic mass is 16.5. The quantitative estimate of drug-likeness (QED) is 0.634. The summed E-state index contributed by atoms with van der Waals surface area (Å²) in [4.78, 5) is 14.9. The van der Waals surface area contributed by atoms with Crippen molar-refractivity contribution in [1.82, 2.24) is 10.2 Å². The number of fused-ring (bicyclic) bond motifs is 1. The molecule has 0 saturated carbocycles. The predicted octanol–water partition coefficient (Wildman–Crippen LogP) is 3.80. The minimum absolute atomic E-state index is 0.00115. The van der Waals surface area contributed by atoms with Gasteiger partial charge in [-0.25, -0.2) is 0 Å². The van der Waals surface area contributed by atoms with E-state index in [4.69, 9.17) is 4.74 Å². The molecular weight excluding hydrogens is 328 g/mol. The average molecular weight is 358 g/mol. The molecule has 5 nitrogen and oxygen atoms in total. The fourth-order valence-electron chi connectivity index (χ4n) is 3.14. The molecule has 0 aliphatic rings. The fraction of sp³-hybridized carbons (Fsp3) is 0.476. The Labute approximate surface area is 156 Å². The smallest absolute Gasteiger partial charge is 0.255 e. The molecule has 0 aromatic heterocycles. The summed E-state index contributed by atoms with van der Waals surface area (Å²) < 4.78 is 5.23. The van der Waals surface area contributed by atoms with Crippen molar-refractivity contribution in [2.75, 3.05) is 33.3 Å². The van der Waals surface area contributed by atoms with E-state index >= 15 is 0 Å². The van der Waals surface area contributed by atoms with Crippen LogP contribution in [0.15, 0.2) is 30.3 Å². The van der Waals surface area contributed by atoms with Crippen LogP contribution in [-0.2, 0) is 0 Å². The van der Waals surface area contributed by atoms with Gasteiger partial charge in [-0.3, -0.25) is 4.79 Å². The second-order valence-corrected chi connectivity index (χ2v) is 6.53. The Balaban J connectivity index is 1.97. The van der Waals surface area contributed by atoms with Gasteiger partial charge in [-0.15, -0.1) is 0 Å². The van der Waals surface area contributed by atoms with Gasteiger partial charge >= 0.3 is 0 Å². The summed E-state index contributed by atoms with van der Waals surface area (Å²) in [5.41, 5.74) is 0.296. The summed E-state index contributed by atoms with van der Waals surface area (Å²) in [6, 6.07) is 8.89. The lowest BCUT2D eigenvalue weighted by Crippen LogP contribution is -2.31. The summed E-state index contributed by atoms with van der Waals surface area (Å²) in [7, 11) is 1.61. The molecule has 142 valence electrons. The SMILES string of the molecule is CCCN(CCC)CCCNC(=O)c1cc2cc(OC)ccc2cc1O. The summed E-state index contributed by atoms with van der Waals surface area (Å²) in [5, 5.41) is 14.8. The van der Waals surface area contributed by atoms with Gasteiger partial charge in [0.25, 0.3) is 5.91 Å². The lowest BCUT2D eigenvalue weighted by Gasteiger charge is -2.20. The van der Waals surface area contributed by atoms with Gasteiger partial charge < -0.3 is 20.1 Å². The number of ether oxygens (including phenoxy) is 1. The zero-order valence-corrected chi connectivity index (χ0v) is 16.0. The van der Waals surface area contributed by atoms with Gasteiger partial charge in [-0.05, 0) is 73.9 Å². The zero-order chi connectivity index (χ0) is 18.9. The van der Waals surface area contributed by atoms with Gasteiger partial charge in [0, 0.05) is 6.54 Å². The van der Waals surface area contributed by atoms with Crippen molar-refractivity contribution in [2.45, 2.75) is 33.1 Å². The monoisotopic (exact) mass is 358 g/mol. The van der Waals surface area contributed by atoms with Crippen LogP contribution in [0.25, 0.3) is 10.8 Å². The molecule has 0 spiro atoms. The number of aromatic hydroxyl groups is 1. The van der Waals surface area contributed by atoms with Gasteiger partial charge in [0.05, 0.1) is 12.7 Å². The third-order valence-corrected chi connectivity index (χ3v) is 4.42. The number of benzene rings is 2. The van der Waals surface area contributed by atoms with Gasteiger partial charge in [0.15, 0.2) is 0 Å². The first-order chi connectivity index (χ1) is 12.6. The van der Waals surface area contributed by atoms with E-state index < -0.39 is 0 Å². The first-order valence-electron chi connectivity index (χ1n) is 9.40. The molecule has 0 heterocycles. The number of amides is 1. The van der Waals surface area contributed by atoms with Crippen LogP contribution in [0.4, 0.5) is 0 Å². The number of carbonyl (C=O) groups is 1. The van der Waals surface area contributed by atoms with Crippen LogP contribution >= 0.6 is 0 Å². The van der Waals surface area contributed by atoms with Gasteiger partial charge in [-0.1, -0.05) is 19.9 Å². The van der Waals surface area contributed by atoms with Gasteiger partial charge in [0.1, 0.15) is 11.5 Å². The normalized spacial score (nSPS) is 11.1. The Hall–Kier alpha value is -2.27. The topological polar surface area (TPSA) is 61.8 Å². The van der Waals surface area contributed by atoms with Crippen LogP contribution in [-0.4, -0.2) is 49.2 Å². The van der Waals surface area contributed by atoms with Crippen molar-refractivity contribution in [3.63, 3.8) is 0 Å². The molecule has 5 heteroatoms. The minimum atomic E-state index is -0.246. The van der Waals surface area contributed by atoms with E-state index in [1.54, 1.807) is 19.2 Å². The molecule has 1 amide bonds. The number of phenols is 1. The minimum Gasteiger partial charge on any atom is -0.507 e. The molecule has 0 aliphatic heterocycles. The van der Waals surface area contributed by atoms with Crippen LogP contribution in [0, 0.1) is 0 Å². The van der Waals surface area contributed by atoms with E-state index in [0.29, 0.717) is 12.1 Å². The van der Waals surface area contributed by atoms with Crippen LogP contribution in [0.2, 0.25) is 0 Å². The maximum absolute atomic E-state index is 12.4. The maximum atomic E-state index is 12.4. The molecule has 2 aromatic carbocycles. The Morgan fingerprint density at radius 1 is 1.08 bits per heavy atom. The van der Waals surface area contributed by atoms with Crippen LogP contribution in [0.3, 0.4) is 0 Å². The lowest BCUT2D eigenvalue weighted by atomic mass is 10.0. The summed E-state index contributed by atoms with van der Waals surface area (Å²) in [6.45, 7) is 8.12. The molecule has 0 bridgehead atoms. The Bertz CT molecular complexity index is 725. The predicted molar refractivity (Wildman–Crippen MR) is 106 cm³/mol. The number of hydrogen-bond acceptors (Lipinski definition) is 4. The summed E-state index contributed by atoms with van der Waals surface area (Å²) in [6.07, 6.45) is 3.18. The fourth-order valence-corrected chi connectivity index (χ4v) is 3.14. The van der Waals surface area contributed by atoms with Crippen molar-refractivity contribution >= 4 is 16.7 Å². The number of phenolic OH excluding ortho intramolecular Hbond substituents is 1. The van der Waals surface area contributed by atoms with E-state index in [-0.39, 0.29) is 11.7 Å². The van der Waals surface area contributed by atoms with E-state index in [0.717, 1.165) is 55.4 Å². The molecule has 2 rings (SSSR count). The van der Waals surface area contributed by atoms with E-state index in [1.807, 2.05) is 18.2 Å². The standard InChI is InChI=1S/C21H30N2O3/c1-4-10-23(11-5-2)12-6-9-22-21(25)19-14-17-13-18(26-3)8-7-16(17)15-20(19)24/h7-8,13-15,24H,4-6,9-12H2,1-3H3,(H,22,25). The zero-order valence-electron chi connectivity index (χ0n) is 16.0. The number of nitrogens with zero attached hydrogens (tertiary/aromatic N) is 1. The molecule has 26 heavy (non-hydrogen) atoms. The van der Waals surface area contributed by atoms with Crippen molar-refractivity contribution in [3.8, 4) is 11.5 Å². The highest BCUT2D eigenvalue weighted by molar-refractivity contribution is 6.01. The molecule has 0 atom stereocenters. The van der Waals surface area contributed by atoms with Crippen molar-refractivity contribution in [2.24, 2.45) is 0 Å². The number of carbonyl (C=O) groups excluding carboxylic acids is 1. The largest absolute Gasteiger partial charge is 0.507 e. The van der Waals surface area contributed by atoms with Gasteiger partial charge in [-0.2, -0.15) is 0 Å². The molecule has 0 radical (unpaired) electrons. The highest BCUT2D eigenvalue weighted by Gasteiger charge is 2.13. The highest BCUT2D eigenvalue weighted by Crippen LogP contribution is 2.27. The van der Waals surface area contributed by atoms with Crippen molar-refractivity contribution < 1.29 is 14.6 Å².